The van der Waals surface area contributed by atoms with E-state index in [2.05, 4.69) is 5.32 Å². The lowest BCUT2D eigenvalue weighted by Gasteiger charge is -2.35. The van der Waals surface area contributed by atoms with E-state index in [0.717, 1.165) is 40.5 Å². The molecule has 0 bridgehead atoms. The molecule has 0 saturated carbocycles. The highest BCUT2D eigenvalue weighted by Gasteiger charge is 2.35. The summed E-state index contributed by atoms with van der Waals surface area (Å²) in [6, 6.07) is 19.3. The molecular formula is C23H23NO3. The van der Waals surface area contributed by atoms with Crippen LogP contribution in [0.3, 0.4) is 0 Å². The van der Waals surface area contributed by atoms with Crippen molar-refractivity contribution >= 4 is 16.7 Å². The molecule has 1 unspecified atom stereocenters. The summed E-state index contributed by atoms with van der Waals surface area (Å²) in [4.78, 5) is 12.8. The summed E-state index contributed by atoms with van der Waals surface area (Å²) in [5.41, 5.74) is 1.54. The molecule has 4 nitrogen and oxygen atoms in total. The molecule has 1 amide bonds. The molecular weight excluding hydrogens is 338 g/mol. The third kappa shape index (κ3) is 3.28. The summed E-state index contributed by atoms with van der Waals surface area (Å²) in [5, 5.41) is 16.1. The van der Waals surface area contributed by atoms with Crippen LogP contribution in [-0.2, 0) is 12.0 Å². The van der Waals surface area contributed by atoms with Crippen LogP contribution in [0.4, 0.5) is 0 Å². The lowest BCUT2D eigenvalue weighted by molar-refractivity contribution is 0.0189. The summed E-state index contributed by atoms with van der Waals surface area (Å²) < 4.78 is 5.29. The van der Waals surface area contributed by atoms with E-state index in [1.807, 2.05) is 60.7 Å². The molecule has 0 aromatic heterocycles. The van der Waals surface area contributed by atoms with Crippen molar-refractivity contribution in [3.63, 3.8) is 0 Å². The number of hydrogen-bond acceptors (Lipinski definition) is 3. The van der Waals surface area contributed by atoms with Crippen LogP contribution in [0.25, 0.3) is 10.8 Å². The van der Waals surface area contributed by atoms with Crippen LogP contribution in [0.15, 0.2) is 60.7 Å². The lowest BCUT2D eigenvalue weighted by atomic mass is 9.79. The van der Waals surface area contributed by atoms with Gasteiger partial charge in [0.25, 0.3) is 5.91 Å². The molecule has 1 aliphatic carbocycles. The van der Waals surface area contributed by atoms with Crippen LogP contribution < -0.4 is 10.1 Å². The van der Waals surface area contributed by atoms with Gasteiger partial charge in [0.1, 0.15) is 11.4 Å². The van der Waals surface area contributed by atoms with Crippen molar-refractivity contribution < 1.29 is 14.6 Å². The largest absolute Gasteiger partial charge is 0.497 e. The summed E-state index contributed by atoms with van der Waals surface area (Å²) in [7, 11) is 1.64. The number of carbonyl (C=O) groups is 1. The molecule has 3 aromatic carbocycles. The van der Waals surface area contributed by atoms with Crippen molar-refractivity contribution in [3.8, 4) is 5.75 Å². The second-order valence-electron chi connectivity index (χ2n) is 7.12. The average molecular weight is 361 g/mol. The van der Waals surface area contributed by atoms with Gasteiger partial charge in [-0.15, -0.1) is 0 Å². The first-order chi connectivity index (χ1) is 13.1. The first-order valence-corrected chi connectivity index (χ1v) is 9.26. The monoisotopic (exact) mass is 361 g/mol. The third-order valence-corrected chi connectivity index (χ3v) is 5.43. The smallest absolute Gasteiger partial charge is 0.252 e. The molecule has 0 fully saturated rings. The van der Waals surface area contributed by atoms with Crippen molar-refractivity contribution in [3.05, 3.63) is 77.4 Å². The van der Waals surface area contributed by atoms with E-state index in [-0.39, 0.29) is 12.5 Å². The van der Waals surface area contributed by atoms with E-state index in [1.54, 1.807) is 7.11 Å². The van der Waals surface area contributed by atoms with Crippen LogP contribution in [-0.4, -0.2) is 24.7 Å². The number of ether oxygens (including phenoxy) is 1. The maximum atomic E-state index is 12.8. The summed E-state index contributed by atoms with van der Waals surface area (Å²) in [6.07, 6.45) is 2.41. The first kappa shape index (κ1) is 17.6. The highest BCUT2D eigenvalue weighted by atomic mass is 16.5. The number of amides is 1. The fraction of sp³-hybridized carbons (Fsp3) is 0.261. The quantitative estimate of drug-likeness (QED) is 0.743. The Hall–Kier alpha value is -2.85. The minimum absolute atomic E-state index is 0.166. The Kier molecular flexibility index (Phi) is 4.58. The number of benzene rings is 3. The Morgan fingerprint density at radius 3 is 2.81 bits per heavy atom. The second-order valence-corrected chi connectivity index (χ2v) is 7.12. The van der Waals surface area contributed by atoms with E-state index < -0.39 is 5.60 Å². The van der Waals surface area contributed by atoms with Gasteiger partial charge in [-0.2, -0.15) is 0 Å². The Morgan fingerprint density at radius 1 is 1.15 bits per heavy atom. The third-order valence-electron chi connectivity index (χ3n) is 5.43. The summed E-state index contributed by atoms with van der Waals surface area (Å²) >= 11 is 0. The van der Waals surface area contributed by atoms with E-state index in [9.17, 15) is 9.90 Å². The van der Waals surface area contributed by atoms with E-state index in [1.165, 1.54) is 0 Å². The fourth-order valence-corrected chi connectivity index (χ4v) is 3.99. The Bertz CT molecular complexity index is 993. The van der Waals surface area contributed by atoms with Crippen LogP contribution in [0.2, 0.25) is 0 Å². The van der Waals surface area contributed by atoms with Crippen molar-refractivity contribution in [2.45, 2.75) is 24.9 Å². The fourth-order valence-electron chi connectivity index (χ4n) is 3.99. The molecule has 2 N–H and O–H groups in total. The number of hydrogen-bond donors (Lipinski definition) is 2. The number of aryl methyl sites for hydroxylation is 1. The lowest BCUT2D eigenvalue weighted by Crippen LogP contribution is -2.43. The van der Waals surface area contributed by atoms with Crippen molar-refractivity contribution in [2.75, 3.05) is 13.7 Å². The number of nitrogens with one attached hydrogen (secondary N) is 1. The Balaban J connectivity index is 1.57. The standard InChI is InChI=1S/C23H23NO3/c1-27-18-11-12-21-17(14-18)8-5-13-23(21,26)15-24-22(25)20-10-4-7-16-6-2-3-9-19(16)20/h2-4,6-7,9-12,14,26H,5,8,13,15H2,1H3,(H,24,25). The van der Waals surface area contributed by atoms with Crippen molar-refractivity contribution in [1.82, 2.24) is 5.32 Å². The van der Waals surface area contributed by atoms with Crippen LogP contribution in [0.1, 0.15) is 34.3 Å². The average Bonchev–Trinajstić information content (AvgIpc) is 2.71. The molecule has 138 valence electrons. The zero-order valence-electron chi connectivity index (χ0n) is 15.4. The number of carbonyl (C=O) groups excluding carboxylic acids is 1. The van der Waals surface area contributed by atoms with Crippen LogP contribution in [0, 0.1) is 0 Å². The normalized spacial score (nSPS) is 18.7. The Morgan fingerprint density at radius 2 is 1.96 bits per heavy atom. The molecule has 0 spiro atoms. The zero-order valence-corrected chi connectivity index (χ0v) is 15.4. The minimum Gasteiger partial charge on any atom is -0.497 e. The van der Waals surface area contributed by atoms with Gasteiger partial charge in [-0.3, -0.25) is 4.79 Å². The molecule has 0 heterocycles. The highest BCUT2D eigenvalue weighted by Crippen LogP contribution is 2.36. The molecule has 0 radical (unpaired) electrons. The molecule has 1 aliphatic rings. The topological polar surface area (TPSA) is 58.6 Å². The number of aliphatic hydroxyl groups is 1. The highest BCUT2D eigenvalue weighted by molar-refractivity contribution is 6.07. The minimum atomic E-state index is -1.06. The molecule has 27 heavy (non-hydrogen) atoms. The van der Waals surface area contributed by atoms with Gasteiger partial charge in [-0.05, 0) is 59.4 Å². The maximum Gasteiger partial charge on any atom is 0.252 e. The van der Waals surface area contributed by atoms with E-state index in [4.69, 9.17) is 4.74 Å². The van der Waals surface area contributed by atoms with Gasteiger partial charge in [0.15, 0.2) is 0 Å². The number of methoxy groups -OCH3 is 1. The van der Waals surface area contributed by atoms with Gasteiger partial charge in [0.05, 0.1) is 13.7 Å². The Labute approximate surface area is 158 Å². The van der Waals surface area contributed by atoms with Crippen molar-refractivity contribution in [2.24, 2.45) is 0 Å². The van der Waals surface area contributed by atoms with Gasteiger partial charge >= 0.3 is 0 Å². The van der Waals surface area contributed by atoms with Gasteiger partial charge in [-0.25, -0.2) is 0 Å². The summed E-state index contributed by atoms with van der Waals surface area (Å²) in [6.45, 7) is 0.189. The predicted molar refractivity (Wildman–Crippen MR) is 106 cm³/mol. The molecule has 0 saturated heterocycles. The van der Waals surface area contributed by atoms with Gasteiger partial charge in [0, 0.05) is 5.56 Å². The SMILES string of the molecule is COc1ccc2c(c1)CCCC2(O)CNC(=O)c1cccc2ccccc12. The molecule has 3 aromatic rings. The predicted octanol–water partition coefficient (Wildman–Crippen LogP) is 3.80. The van der Waals surface area contributed by atoms with Crippen LogP contribution >= 0.6 is 0 Å². The zero-order chi connectivity index (χ0) is 18.9. The van der Waals surface area contributed by atoms with Gasteiger partial charge in [0.2, 0.25) is 0 Å². The van der Waals surface area contributed by atoms with Crippen LogP contribution in [0.5, 0.6) is 5.75 Å². The van der Waals surface area contributed by atoms with E-state index >= 15 is 0 Å². The van der Waals surface area contributed by atoms with Gasteiger partial charge < -0.3 is 15.2 Å². The van der Waals surface area contributed by atoms with Gasteiger partial charge in [-0.1, -0.05) is 42.5 Å². The molecule has 1 atom stereocenters. The molecule has 4 heteroatoms. The maximum absolute atomic E-state index is 12.8. The van der Waals surface area contributed by atoms with Crippen molar-refractivity contribution in [1.29, 1.82) is 0 Å². The number of fused-ring (bicyclic) bond motifs is 2. The summed E-state index contributed by atoms with van der Waals surface area (Å²) in [5.74, 6) is 0.624. The van der Waals surface area contributed by atoms with E-state index in [0.29, 0.717) is 12.0 Å². The first-order valence-electron chi connectivity index (χ1n) is 9.26. The molecule has 4 rings (SSSR count). The molecule has 0 aliphatic heterocycles. The second kappa shape index (κ2) is 7.05. The number of rotatable bonds is 4.